The number of aliphatic hydroxyl groups is 1. The zero-order valence-electron chi connectivity index (χ0n) is 11.1. The highest BCUT2D eigenvalue weighted by atomic mass is 16.3. The second kappa shape index (κ2) is 4.22. The fourth-order valence-electron chi connectivity index (χ4n) is 2.02. The van der Waals surface area contributed by atoms with Crippen LogP contribution in [0, 0.1) is 10.8 Å². The van der Waals surface area contributed by atoms with Crippen LogP contribution in [0.3, 0.4) is 0 Å². The molecule has 1 unspecified atom stereocenters. The zero-order chi connectivity index (χ0) is 11.6. The molecular formula is C13H28O. The van der Waals surface area contributed by atoms with E-state index in [2.05, 4.69) is 48.5 Å². The number of hydrogen-bond acceptors (Lipinski definition) is 1. The summed E-state index contributed by atoms with van der Waals surface area (Å²) < 4.78 is 0. The lowest BCUT2D eigenvalue weighted by Crippen LogP contribution is -2.45. The minimum Gasteiger partial charge on any atom is -0.389 e. The van der Waals surface area contributed by atoms with Crippen molar-refractivity contribution in [1.29, 1.82) is 0 Å². The molecule has 14 heavy (non-hydrogen) atoms. The first-order valence-corrected chi connectivity index (χ1v) is 5.74. The van der Waals surface area contributed by atoms with Crippen LogP contribution in [0.4, 0.5) is 0 Å². The maximum Gasteiger partial charge on any atom is 0.0700 e. The summed E-state index contributed by atoms with van der Waals surface area (Å²) in [6, 6.07) is 0. The zero-order valence-corrected chi connectivity index (χ0v) is 11.1. The second-order valence-electron chi connectivity index (χ2n) is 6.77. The molecule has 0 aromatic rings. The average Bonchev–Trinajstić information content (AvgIpc) is 1.79. The molecule has 0 amide bonds. The van der Waals surface area contributed by atoms with Crippen LogP contribution in [0.2, 0.25) is 0 Å². The van der Waals surface area contributed by atoms with E-state index in [4.69, 9.17) is 0 Å². The smallest absolute Gasteiger partial charge is 0.0700 e. The Morgan fingerprint density at radius 3 is 1.57 bits per heavy atom. The summed E-state index contributed by atoms with van der Waals surface area (Å²) in [5, 5.41) is 10.7. The quantitative estimate of drug-likeness (QED) is 0.730. The summed E-state index contributed by atoms with van der Waals surface area (Å²) in [5.41, 5.74) is -0.368. The van der Waals surface area contributed by atoms with Crippen molar-refractivity contribution >= 4 is 0 Å². The van der Waals surface area contributed by atoms with E-state index >= 15 is 0 Å². The predicted molar refractivity (Wildman–Crippen MR) is 63.4 cm³/mol. The van der Waals surface area contributed by atoms with Crippen LogP contribution in [0.15, 0.2) is 0 Å². The molecule has 0 aliphatic rings. The van der Waals surface area contributed by atoms with Gasteiger partial charge in [-0.25, -0.2) is 0 Å². The molecule has 0 spiro atoms. The van der Waals surface area contributed by atoms with Crippen LogP contribution in [-0.4, -0.2) is 10.7 Å². The molecule has 1 atom stereocenters. The van der Waals surface area contributed by atoms with Crippen molar-refractivity contribution in [2.45, 2.75) is 73.3 Å². The topological polar surface area (TPSA) is 20.2 Å². The molecule has 0 rings (SSSR count). The minimum absolute atomic E-state index is 0.0315. The van der Waals surface area contributed by atoms with Crippen molar-refractivity contribution in [1.82, 2.24) is 0 Å². The highest BCUT2D eigenvalue weighted by molar-refractivity contribution is 4.93. The van der Waals surface area contributed by atoms with Crippen molar-refractivity contribution in [3.05, 3.63) is 0 Å². The molecule has 0 radical (unpaired) electrons. The third-order valence-corrected chi connectivity index (χ3v) is 2.88. The molecule has 1 nitrogen and oxygen atoms in total. The van der Waals surface area contributed by atoms with E-state index in [0.717, 1.165) is 19.3 Å². The fraction of sp³-hybridized carbons (Fsp3) is 1.00. The second-order valence-corrected chi connectivity index (χ2v) is 6.77. The average molecular weight is 200 g/mol. The Kier molecular flexibility index (Phi) is 4.21. The lowest BCUT2D eigenvalue weighted by molar-refractivity contribution is -0.0913. The Bertz CT molecular complexity index is 171. The summed E-state index contributed by atoms with van der Waals surface area (Å²) >= 11 is 0. The first-order valence-electron chi connectivity index (χ1n) is 5.74. The summed E-state index contributed by atoms with van der Waals surface area (Å²) in [6.45, 7) is 15.1. The van der Waals surface area contributed by atoms with Crippen LogP contribution in [-0.2, 0) is 0 Å². The van der Waals surface area contributed by atoms with Gasteiger partial charge in [-0.3, -0.25) is 0 Å². The molecule has 1 N–H and O–H groups in total. The molecule has 0 aromatic carbocycles. The van der Waals surface area contributed by atoms with Gasteiger partial charge in [0.25, 0.3) is 0 Å². The number of hydrogen-bond donors (Lipinski definition) is 1. The number of rotatable bonds is 3. The van der Waals surface area contributed by atoms with Gasteiger partial charge in [-0.05, 0) is 23.7 Å². The third kappa shape index (κ3) is 4.00. The van der Waals surface area contributed by atoms with Crippen LogP contribution in [0.5, 0.6) is 0 Å². The summed E-state index contributed by atoms with van der Waals surface area (Å²) in [6.07, 6.45) is 2.81. The van der Waals surface area contributed by atoms with Crippen molar-refractivity contribution in [2.24, 2.45) is 10.8 Å². The Morgan fingerprint density at radius 1 is 0.929 bits per heavy atom. The molecule has 0 heterocycles. The monoisotopic (exact) mass is 200 g/mol. The van der Waals surface area contributed by atoms with Gasteiger partial charge in [-0.2, -0.15) is 0 Å². The van der Waals surface area contributed by atoms with Gasteiger partial charge in [0.1, 0.15) is 0 Å². The highest BCUT2D eigenvalue weighted by Gasteiger charge is 2.41. The van der Waals surface area contributed by atoms with Gasteiger partial charge in [0.05, 0.1) is 5.60 Å². The molecule has 1 heteroatoms. The lowest BCUT2D eigenvalue weighted by Gasteiger charge is -2.44. The Hall–Kier alpha value is -0.0400. The SMILES string of the molecule is CCCC(O)(CC(C)(C)C)C(C)(C)C. The van der Waals surface area contributed by atoms with Crippen LogP contribution < -0.4 is 0 Å². The summed E-state index contributed by atoms with van der Waals surface area (Å²) in [5.74, 6) is 0. The maximum atomic E-state index is 10.7. The first kappa shape index (κ1) is 14.0. The predicted octanol–water partition coefficient (Wildman–Crippen LogP) is 4.00. The fourth-order valence-corrected chi connectivity index (χ4v) is 2.02. The largest absolute Gasteiger partial charge is 0.389 e. The van der Waals surface area contributed by atoms with Crippen LogP contribution >= 0.6 is 0 Å². The molecule has 0 aromatic heterocycles. The molecular weight excluding hydrogens is 172 g/mol. The van der Waals surface area contributed by atoms with Gasteiger partial charge in [0, 0.05) is 0 Å². The summed E-state index contributed by atoms with van der Waals surface area (Å²) in [7, 11) is 0. The van der Waals surface area contributed by atoms with E-state index in [-0.39, 0.29) is 10.8 Å². The first-order chi connectivity index (χ1) is 6.02. The molecule has 0 saturated heterocycles. The van der Waals surface area contributed by atoms with E-state index in [1.807, 2.05) is 0 Å². The lowest BCUT2D eigenvalue weighted by atomic mass is 9.66. The summed E-state index contributed by atoms with van der Waals surface area (Å²) in [4.78, 5) is 0. The molecule has 0 bridgehead atoms. The van der Waals surface area contributed by atoms with Crippen LogP contribution in [0.25, 0.3) is 0 Å². The van der Waals surface area contributed by atoms with Crippen molar-refractivity contribution in [3.8, 4) is 0 Å². The molecule has 0 aliphatic heterocycles. The van der Waals surface area contributed by atoms with Gasteiger partial charge in [-0.15, -0.1) is 0 Å². The van der Waals surface area contributed by atoms with E-state index < -0.39 is 5.60 Å². The molecule has 0 aliphatic carbocycles. The van der Waals surface area contributed by atoms with Gasteiger partial charge < -0.3 is 5.11 Å². The minimum atomic E-state index is -0.528. The molecule has 86 valence electrons. The van der Waals surface area contributed by atoms with E-state index in [1.165, 1.54) is 0 Å². The van der Waals surface area contributed by atoms with Gasteiger partial charge >= 0.3 is 0 Å². The Labute approximate surface area is 89.9 Å². The highest BCUT2D eigenvalue weighted by Crippen LogP contribution is 2.42. The van der Waals surface area contributed by atoms with E-state index in [9.17, 15) is 5.11 Å². The van der Waals surface area contributed by atoms with Gasteiger partial charge in [0.15, 0.2) is 0 Å². The maximum absolute atomic E-state index is 10.7. The Balaban J connectivity index is 4.74. The van der Waals surface area contributed by atoms with E-state index in [1.54, 1.807) is 0 Å². The molecule has 0 saturated carbocycles. The van der Waals surface area contributed by atoms with Crippen molar-refractivity contribution in [3.63, 3.8) is 0 Å². The van der Waals surface area contributed by atoms with Crippen molar-refractivity contribution in [2.75, 3.05) is 0 Å². The normalized spacial score (nSPS) is 18.0. The van der Waals surface area contributed by atoms with Gasteiger partial charge in [-0.1, -0.05) is 54.9 Å². The standard InChI is InChI=1S/C13H28O/c1-8-9-13(14,12(5,6)7)10-11(2,3)4/h14H,8-10H2,1-7H3. The van der Waals surface area contributed by atoms with Crippen LogP contribution in [0.1, 0.15) is 67.7 Å². The Morgan fingerprint density at radius 2 is 1.36 bits per heavy atom. The van der Waals surface area contributed by atoms with Gasteiger partial charge in [0.2, 0.25) is 0 Å². The molecule has 0 fully saturated rings. The third-order valence-electron chi connectivity index (χ3n) is 2.88. The van der Waals surface area contributed by atoms with Crippen molar-refractivity contribution < 1.29 is 5.11 Å². The van der Waals surface area contributed by atoms with E-state index in [0.29, 0.717) is 0 Å².